The molecule has 1 fully saturated rings. The molecule has 8 heteroatoms. The van der Waals surface area contributed by atoms with E-state index in [2.05, 4.69) is 15.4 Å². The smallest absolute Gasteiger partial charge is 0.227 e. The molecule has 4 rings (SSSR count). The number of nitrogens with zero attached hydrogens (tertiary/aromatic N) is 4. The minimum atomic E-state index is -0.360. The summed E-state index contributed by atoms with van der Waals surface area (Å²) in [6.07, 6.45) is 3.80. The van der Waals surface area contributed by atoms with Crippen molar-refractivity contribution in [3.63, 3.8) is 0 Å². The number of amides is 2. The van der Waals surface area contributed by atoms with Crippen LogP contribution in [0, 0.1) is 5.92 Å². The molecule has 154 valence electrons. The Balaban J connectivity index is 1.28. The van der Waals surface area contributed by atoms with Gasteiger partial charge in [-0.2, -0.15) is 5.10 Å². The second-order valence-corrected chi connectivity index (χ2v) is 7.07. The summed E-state index contributed by atoms with van der Waals surface area (Å²) in [5, 5.41) is 7.40. The second kappa shape index (κ2) is 8.77. The molecule has 2 amide bonds. The van der Waals surface area contributed by atoms with Crippen molar-refractivity contribution in [2.45, 2.75) is 13.0 Å². The van der Waals surface area contributed by atoms with Gasteiger partial charge in [0.25, 0.3) is 0 Å². The molecular weight excluding hydrogens is 382 g/mol. The molecule has 1 aliphatic heterocycles. The molecule has 1 atom stereocenters. The first-order valence-electron chi connectivity index (χ1n) is 9.81. The highest BCUT2D eigenvalue weighted by molar-refractivity contribution is 6.00. The second-order valence-electron chi connectivity index (χ2n) is 7.07. The number of hydrogen-bond acceptors (Lipinski definition) is 5. The lowest BCUT2D eigenvalue weighted by atomic mass is 10.1. The number of rotatable bonds is 7. The standard InChI is InChI=1S/C22H23N5O3/c1-30-18-7-5-17(6-8-18)27-15-16(14-21(27)28)22(29)24-11-13-26-12-9-20(25-26)19-4-2-3-10-23-19/h2-10,12,16H,11,13-15H2,1H3,(H,24,29). The zero-order chi connectivity index (χ0) is 20.9. The van der Waals surface area contributed by atoms with Crippen molar-refractivity contribution in [1.82, 2.24) is 20.1 Å². The highest BCUT2D eigenvalue weighted by Crippen LogP contribution is 2.26. The van der Waals surface area contributed by atoms with E-state index in [9.17, 15) is 9.59 Å². The largest absolute Gasteiger partial charge is 0.497 e. The summed E-state index contributed by atoms with van der Waals surface area (Å²) >= 11 is 0. The van der Waals surface area contributed by atoms with Gasteiger partial charge in [0, 0.05) is 37.6 Å². The highest BCUT2D eigenvalue weighted by Gasteiger charge is 2.34. The van der Waals surface area contributed by atoms with Crippen molar-refractivity contribution in [3.05, 3.63) is 60.9 Å². The van der Waals surface area contributed by atoms with E-state index in [1.165, 1.54) is 0 Å². The molecule has 1 aliphatic rings. The minimum Gasteiger partial charge on any atom is -0.497 e. The third-order valence-electron chi connectivity index (χ3n) is 5.09. The van der Waals surface area contributed by atoms with Crippen LogP contribution in [0.25, 0.3) is 11.4 Å². The Morgan fingerprint density at radius 3 is 2.73 bits per heavy atom. The van der Waals surface area contributed by atoms with Gasteiger partial charge >= 0.3 is 0 Å². The van der Waals surface area contributed by atoms with Crippen LogP contribution < -0.4 is 15.0 Å². The summed E-state index contributed by atoms with van der Waals surface area (Å²) in [6.45, 7) is 1.36. The maximum absolute atomic E-state index is 12.5. The molecule has 1 aromatic carbocycles. The van der Waals surface area contributed by atoms with Crippen LogP contribution in [0.5, 0.6) is 5.75 Å². The molecule has 0 saturated carbocycles. The van der Waals surface area contributed by atoms with Crippen molar-refractivity contribution in [1.29, 1.82) is 0 Å². The number of carbonyl (C=O) groups is 2. The number of carbonyl (C=O) groups excluding carboxylic acids is 2. The quantitative estimate of drug-likeness (QED) is 0.650. The summed E-state index contributed by atoms with van der Waals surface area (Å²) < 4.78 is 6.92. The van der Waals surface area contributed by atoms with Crippen LogP contribution in [-0.2, 0) is 16.1 Å². The molecular formula is C22H23N5O3. The van der Waals surface area contributed by atoms with Crippen LogP contribution in [0.4, 0.5) is 5.69 Å². The molecule has 1 N–H and O–H groups in total. The first kappa shape index (κ1) is 19.6. The van der Waals surface area contributed by atoms with E-state index in [-0.39, 0.29) is 24.2 Å². The number of hydrogen-bond donors (Lipinski definition) is 1. The number of methoxy groups -OCH3 is 1. The normalized spacial score (nSPS) is 16.0. The SMILES string of the molecule is COc1ccc(N2CC(C(=O)NCCn3ccc(-c4ccccn4)n3)CC2=O)cc1. The molecule has 0 aliphatic carbocycles. The number of anilines is 1. The predicted octanol–water partition coefficient (Wildman–Crippen LogP) is 2.12. The Kier molecular flexibility index (Phi) is 5.74. The Hall–Kier alpha value is -3.68. The van der Waals surface area contributed by atoms with E-state index in [1.54, 1.807) is 35.0 Å². The average Bonchev–Trinajstić information content (AvgIpc) is 3.41. The lowest BCUT2D eigenvalue weighted by Gasteiger charge is -2.17. The molecule has 0 bridgehead atoms. The van der Waals surface area contributed by atoms with E-state index in [4.69, 9.17) is 4.74 Å². The van der Waals surface area contributed by atoms with E-state index >= 15 is 0 Å². The number of pyridine rings is 1. The number of benzene rings is 1. The van der Waals surface area contributed by atoms with E-state index in [0.717, 1.165) is 22.8 Å². The van der Waals surface area contributed by atoms with Gasteiger partial charge in [0.15, 0.2) is 0 Å². The van der Waals surface area contributed by atoms with Gasteiger partial charge in [0.1, 0.15) is 11.4 Å². The number of nitrogens with one attached hydrogen (secondary N) is 1. The summed E-state index contributed by atoms with van der Waals surface area (Å²) in [6, 6.07) is 14.8. The van der Waals surface area contributed by atoms with E-state index in [1.807, 2.05) is 42.6 Å². The molecule has 1 unspecified atom stereocenters. The summed E-state index contributed by atoms with van der Waals surface area (Å²) in [7, 11) is 1.60. The first-order chi connectivity index (χ1) is 14.6. The fourth-order valence-corrected chi connectivity index (χ4v) is 3.47. The van der Waals surface area contributed by atoms with E-state index in [0.29, 0.717) is 19.6 Å². The Morgan fingerprint density at radius 1 is 1.17 bits per heavy atom. The van der Waals surface area contributed by atoms with Crippen LogP contribution >= 0.6 is 0 Å². The van der Waals surface area contributed by atoms with Crippen LogP contribution in [0.2, 0.25) is 0 Å². The average molecular weight is 405 g/mol. The van der Waals surface area contributed by atoms with Crippen molar-refractivity contribution in [2.24, 2.45) is 5.92 Å². The van der Waals surface area contributed by atoms with E-state index < -0.39 is 0 Å². The zero-order valence-corrected chi connectivity index (χ0v) is 16.7. The fourth-order valence-electron chi connectivity index (χ4n) is 3.47. The molecule has 1 saturated heterocycles. The predicted molar refractivity (Wildman–Crippen MR) is 112 cm³/mol. The summed E-state index contributed by atoms with van der Waals surface area (Å²) in [5.74, 6) is 0.203. The Labute approximate surface area is 174 Å². The molecule has 3 heterocycles. The number of aromatic nitrogens is 3. The molecule has 2 aromatic heterocycles. The van der Waals surface area contributed by atoms with Gasteiger partial charge in [-0.05, 0) is 42.5 Å². The van der Waals surface area contributed by atoms with Gasteiger partial charge in [-0.1, -0.05) is 6.07 Å². The Morgan fingerprint density at radius 2 is 2.00 bits per heavy atom. The lowest BCUT2D eigenvalue weighted by molar-refractivity contribution is -0.126. The van der Waals surface area contributed by atoms with Crippen molar-refractivity contribution in [2.75, 3.05) is 25.1 Å². The maximum Gasteiger partial charge on any atom is 0.227 e. The maximum atomic E-state index is 12.5. The molecule has 30 heavy (non-hydrogen) atoms. The third-order valence-corrected chi connectivity index (χ3v) is 5.09. The highest BCUT2D eigenvalue weighted by atomic mass is 16.5. The van der Waals surface area contributed by atoms with Crippen LogP contribution in [0.3, 0.4) is 0 Å². The minimum absolute atomic E-state index is 0.0487. The summed E-state index contributed by atoms with van der Waals surface area (Å²) in [4.78, 5) is 30.8. The summed E-state index contributed by atoms with van der Waals surface area (Å²) in [5.41, 5.74) is 2.37. The Bertz CT molecular complexity index is 1020. The van der Waals surface area contributed by atoms with Gasteiger partial charge in [-0.3, -0.25) is 19.3 Å². The van der Waals surface area contributed by atoms with Crippen molar-refractivity contribution in [3.8, 4) is 17.1 Å². The van der Waals surface area contributed by atoms with Crippen LogP contribution in [-0.4, -0.2) is 46.8 Å². The van der Waals surface area contributed by atoms with Crippen molar-refractivity contribution >= 4 is 17.5 Å². The van der Waals surface area contributed by atoms with Gasteiger partial charge in [-0.25, -0.2) is 0 Å². The van der Waals surface area contributed by atoms with Crippen LogP contribution in [0.15, 0.2) is 60.9 Å². The molecule has 0 radical (unpaired) electrons. The number of ether oxygens (including phenoxy) is 1. The van der Waals surface area contributed by atoms with Gasteiger partial charge in [0.05, 0.1) is 25.3 Å². The van der Waals surface area contributed by atoms with Gasteiger partial charge < -0.3 is 15.0 Å². The molecule has 8 nitrogen and oxygen atoms in total. The third kappa shape index (κ3) is 4.32. The zero-order valence-electron chi connectivity index (χ0n) is 16.7. The molecule has 0 spiro atoms. The lowest BCUT2D eigenvalue weighted by Crippen LogP contribution is -2.34. The van der Waals surface area contributed by atoms with Crippen molar-refractivity contribution < 1.29 is 14.3 Å². The monoisotopic (exact) mass is 405 g/mol. The molecule has 3 aromatic rings. The van der Waals surface area contributed by atoms with Crippen LogP contribution in [0.1, 0.15) is 6.42 Å². The van der Waals surface area contributed by atoms with Gasteiger partial charge in [-0.15, -0.1) is 0 Å². The van der Waals surface area contributed by atoms with Gasteiger partial charge in [0.2, 0.25) is 11.8 Å². The fraction of sp³-hybridized carbons (Fsp3) is 0.273. The topological polar surface area (TPSA) is 89.3 Å². The first-order valence-corrected chi connectivity index (χ1v) is 9.81.